The van der Waals surface area contributed by atoms with Crippen molar-refractivity contribution < 1.29 is 13.9 Å². The minimum atomic E-state index is -0.352. The van der Waals surface area contributed by atoms with Crippen molar-refractivity contribution >= 4 is 11.1 Å². The summed E-state index contributed by atoms with van der Waals surface area (Å²) in [6, 6.07) is 9.52. The zero-order chi connectivity index (χ0) is 14.3. The lowest BCUT2D eigenvalue weighted by Gasteiger charge is -2.08. The molecule has 0 amide bonds. The van der Waals surface area contributed by atoms with E-state index in [2.05, 4.69) is 4.98 Å². The number of fused-ring (bicyclic) bond motifs is 1. The second kappa shape index (κ2) is 4.63. The summed E-state index contributed by atoms with van der Waals surface area (Å²) in [5.41, 5.74) is 2.53. The van der Waals surface area contributed by atoms with Crippen molar-refractivity contribution in [3.8, 4) is 17.2 Å². The number of hydrogen-bond donors (Lipinski definition) is 1. The number of oxazole rings is 1. The molecule has 102 valence electrons. The second-order valence-electron chi connectivity index (χ2n) is 5.06. The Bertz CT molecular complexity index is 777. The lowest BCUT2D eigenvalue weighted by Crippen LogP contribution is -1.88. The highest BCUT2D eigenvalue weighted by Gasteiger charge is 2.12. The third kappa shape index (κ3) is 2.13. The van der Waals surface area contributed by atoms with E-state index >= 15 is 0 Å². The van der Waals surface area contributed by atoms with Gasteiger partial charge in [-0.3, -0.25) is 0 Å². The summed E-state index contributed by atoms with van der Waals surface area (Å²) < 4.78 is 18.7. The Balaban J connectivity index is 2.08. The quantitative estimate of drug-likeness (QED) is 0.748. The molecule has 0 spiro atoms. The van der Waals surface area contributed by atoms with Crippen LogP contribution >= 0.6 is 0 Å². The van der Waals surface area contributed by atoms with Crippen LogP contribution in [0.3, 0.4) is 0 Å². The molecule has 3 rings (SSSR count). The molecule has 0 saturated carbocycles. The molecule has 20 heavy (non-hydrogen) atoms. The minimum absolute atomic E-state index is 0.214. The van der Waals surface area contributed by atoms with Crippen LogP contribution in [0.4, 0.5) is 4.39 Å². The molecule has 0 aliphatic carbocycles. The number of halogens is 1. The Morgan fingerprint density at radius 2 is 1.95 bits per heavy atom. The minimum Gasteiger partial charge on any atom is -0.508 e. The van der Waals surface area contributed by atoms with Crippen molar-refractivity contribution in [2.75, 3.05) is 0 Å². The van der Waals surface area contributed by atoms with Crippen LogP contribution in [0.5, 0.6) is 5.75 Å². The normalized spacial score (nSPS) is 11.4. The third-order valence-electron chi connectivity index (χ3n) is 3.25. The standard InChI is InChI=1S/C16H14FNO2/c1-9(2)12-5-3-10(7-14(12)19)16-18-13-8-11(17)4-6-15(13)20-16/h3-9,19H,1-2H3. The van der Waals surface area contributed by atoms with Gasteiger partial charge >= 0.3 is 0 Å². The van der Waals surface area contributed by atoms with Gasteiger partial charge in [0, 0.05) is 11.6 Å². The zero-order valence-electron chi connectivity index (χ0n) is 11.2. The van der Waals surface area contributed by atoms with E-state index in [4.69, 9.17) is 4.42 Å². The largest absolute Gasteiger partial charge is 0.508 e. The van der Waals surface area contributed by atoms with E-state index in [0.717, 1.165) is 5.56 Å². The monoisotopic (exact) mass is 271 g/mol. The highest BCUT2D eigenvalue weighted by atomic mass is 19.1. The predicted molar refractivity (Wildman–Crippen MR) is 75.2 cm³/mol. The molecule has 0 atom stereocenters. The smallest absolute Gasteiger partial charge is 0.227 e. The van der Waals surface area contributed by atoms with Crippen molar-refractivity contribution in [3.63, 3.8) is 0 Å². The number of hydrogen-bond acceptors (Lipinski definition) is 3. The fourth-order valence-corrected chi connectivity index (χ4v) is 2.19. The summed E-state index contributed by atoms with van der Waals surface area (Å²) in [5, 5.41) is 10.0. The highest BCUT2D eigenvalue weighted by molar-refractivity contribution is 5.76. The van der Waals surface area contributed by atoms with E-state index < -0.39 is 0 Å². The second-order valence-corrected chi connectivity index (χ2v) is 5.06. The van der Waals surface area contributed by atoms with Crippen molar-refractivity contribution in [2.45, 2.75) is 19.8 Å². The van der Waals surface area contributed by atoms with Gasteiger partial charge in [-0.05, 0) is 35.7 Å². The van der Waals surface area contributed by atoms with Crippen LogP contribution in [0.25, 0.3) is 22.6 Å². The van der Waals surface area contributed by atoms with Crippen molar-refractivity contribution in [2.24, 2.45) is 0 Å². The van der Waals surface area contributed by atoms with E-state index in [1.165, 1.54) is 12.1 Å². The van der Waals surface area contributed by atoms with Gasteiger partial charge in [0.15, 0.2) is 5.58 Å². The molecular formula is C16H14FNO2. The van der Waals surface area contributed by atoms with Crippen LogP contribution in [0.2, 0.25) is 0 Å². The molecule has 0 radical (unpaired) electrons. The molecule has 1 heterocycles. The van der Waals surface area contributed by atoms with E-state index in [0.29, 0.717) is 22.6 Å². The molecule has 4 heteroatoms. The highest BCUT2D eigenvalue weighted by Crippen LogP contribution is 2.31. The third-order valence-corrected chi connectivity index (χ3v) is 3.25. The van der Waals surface area contributed by atoms with Crippen LogP contribution in [0.15, 0.2) is 40.8 Å². The Hall–Kier alpha value is -2.36. The van der Waals surface area contributed by atoms with Crippen LogP contribution in [-0.4, -0.2) is 10.1 Å². The molecule has 2 aromatic carbocycles. The summed E-state index contributed by atoms with van der Waals surface area (Å²) in [7, 11) is 0. The van der Waals surface area contributed by atoms with E-state index in [1.54, 1.807) is 12.1 Å². The summed E-state index contributed by atoms with van der Waals surface area (Å²) >= 11 is 0. The van der Waals surface area contributed by atoms with Crippen LogP contribution < -0.4 is 0 Å². The zero-order valence-corrected chi connectivity index (χ0v) is 11.2. The molecular weight excluding hydrogens is 257 g/mol. The molecule has 3 nitrogen and oxygen atoms in total. The predicted octanol–water partition coefficient (Wildman–Crippen LogP) is 4.46. The first-order valence-corrected chi connectivity index (χ1v) is 6.44. The molecule has 3 aromatic rings. The van der Waals surface area contributed by atoms with Gasteiger partial charge in [0.1, 0.15) is 17.1 Å². The van der Waals surface area contributed by atoms with Gasteiger partial charge in [-0.2, -0.15) is 0 Å². The summed E-state index contributed by atoms with van der Waals surface area (Å²) in [6.45, 7) is 4.02. The number of aromatic nitrogens is 1. The van der Waals surface area contributed by atoms with Crippen LogP contribution in [0, 0.1) is 5.82 Å². The first-order chi connectivity index (χ1) is 9.54. The number of benzene rings is 2. The number of aromatic hydroxyl groups is 1. The molecule has 0 aliphatic heterocycles. The Morgan fingerprint density at radius 3 is 2.65 bits per heavy atom. The maximum absolute atomic E-state index is 13.1. The summed E-state index contributed by atoms with van der Waals surface area (Å²) in [4.78, 5) is 4.24. The maximum Gasteiger partial charge on any atom is 0.227 e. The average Bonchev–Trinajstić information content (AvgIpc) is 2.81. The van der Waals surface area contributed by atoms with E-state index in [-0.39, 0.29) is 17.5 Å². The van der Waals surface area contributed by atoms with Gasteiger partial charge in [-0.15, -0.1) is 0 Å². The molecule has 1 aromatic heterocycles. The lowest BCUT2D eigenvalue weighted by atomic mass is 10.0. The number of nitrogens with zero attached hydrogens (tertiary/aromatic N) is 1. The van der Waals surface area contributed by atoms with E-state index in [9.17, 15) is 9.50 Å². The van der Waals surface area contributed by atoms with Gasteiger partial charge in [0.05, 0.1) is 0 Å². The first-order valence-electron chi connectivity index (χ1n) is 6.44. The maximum atomic E-state index is 13.1. The molecule has 0 saturated heterocycles. The van der Waals surface area contributed by atoms with Gasteiger partial charge in [0.25, 0.3) is 0 Å². The van der Waals surface area contributed by atoms with Crippen molar-refractivity contribution in [1.82, 2.24) is 4.98 Å². The topological polar surface area (TPSA) is 46.3 Å². The van der Waals surface area contributed by atoms with Gasteiger partial charge in [-0.1, -0.05) is 19.9 Å². The SMILES string of the molecule is CC(C)c1ccc(-c2nc3cc(F)ccc3o2)cc1O. The number of rotatable bonds is 2. The summed E-state index contributed by atoms with van der Waals surface area (Å²) in [5.74, 6) is 0.472. The van der Waals surface area contributed by atoms with Crippen molar-refractivity contribution in [1.29, 1.82) is 0 Å². The average molecular weight is 271 g/mol. The Labute approximate surface area is 115 Å². The molecule has 1 N–H and O–H groups in total. The lowest BCUT2D eigenvalue weighted by molar-refractivity contribution is 0.464. The molecule has 0 fully saturated rings. The molecule has 0 unspecified atom stereocenters. The molecule has 0 aliphatic rings. The Morgan fingerprint density at radius 1 is 1.15 bits per heavy atom. The van der Waals surface area contributed by atoms with Crippen molar-refractivity contribution in [3.05, 3.63) is 47.8 Å². The Kier molecular flexibility index (Phi) is 2.93. The number of phenols is 1. The summed E-state index contributed by atoms with van der Waals surface area (Å²) in [6.07, 6.45) is 0. The van der Waals surface area contributed by atoms with Gasteiger partial charge in [-0.25, -0.2) is 9.37 Å². The van der Waals surface area contributed by atoms with Crippen LogP contribution in [0.1, 0.15) is 25.3 Å². The first kappa shape index (κ1) is 12.7. The number of phenolic OH excluding ortho intramolecular Hbond substituents is 1. The molecule has 0 bridgehead atoms. The van der Waals surface area contributed by atoms with Gasteiger partial charge in [0.2, 0.25) is 5.89 Å². The van der Waals surface area contributed by atoms with E-state index in [1.807, 2.05) is 26.0 Å². The fourth-order valence-electron chi connectivity index (χ4n) is 2.19. The van der Waals surface area contributed by atoms with Gasteiger partial charge < -0.3 is 9.52 Å². The van der Waals surface area contributed by atoms with Crippen LogP contribution in [-0.2, 0) is 0 Å². The fraction of sp³-hybridized carbons (Fsp3) is 0.188.